The van der Waals surface area contributed by atoms with Crippen LogP contribution in [0.15, 0.2) is 73.3 Å². The smallest absolute Gasteiger partial charge is 0.254 e. The van der Waals surface area contributed by atoms with Crippen molar-refractivity contribution in [2.45, 2.75) is 38.3 Å². The number of carbonyl (C=O) groups excluding carboxylic acids is 2. The van der Waals surface area contributed by atoms with Crippen molar-refractivity contribution in [3.05, 3.63) is 90.0 Å². The van der Waals surface area contributed by atoms with E-state index in [4.69, 9.17) is 0 Å². The molecule has 1 aliphatic rings. The summed E-state index contributed by atoms with van der Waals surface area (Å²) >= 11 is 0. The minimum absolute atomic E-state index is 0.0695. The number of piperidine rings is 1. The maximum absolute atomic E-state index is 13.5. The Kier molecular flexibility index (Phi) is 6.77. The van der Waals surface area contributed by atoms with Crippen molar-refractivity contribution in [2.75, 3.05) is 13.1 Å². The molecule has 1 saturated heterocycles. The maximum Gasteiger partial charge on any atom is 0.254 e. The van der Waals surface area contributed by atoms with Crippen molar-refractivity contribution in [1.29, 1.82) is 0 Å². The lowest BCUT2D eigenvalue weighted by atomic mass is 9.97. The summed E-state index contributed by atoms with van der Waals surface area (Å²) in [5.41, 5.74) is 2.40. The highest BCUT2D eigenvalue weighted by Crippen LogP contribution is 2.23. The van der Waals surface area contributed by atoms with E-state index >= 15 is 0 Å². The molecule has 1 aliphatic heterocycles. The molecule has 0 spiro atoms. The predicted molar refractivity (Wildman–Crippen MR) is 120 cm³/mol. The van der Waals surface area contributed by atoms with Crippen LogP contribution >= 0.6 is 0 Å². The number of imidazole rings is 1. The van der Waals surface area contributed by atoms with E-state index in [9.17, 15) is 9.59 Å². The molecule has 2 heterocycles. The molecule has 160 valence electrons. The fraction of sp³-hybridized carbons (Fsp3) is 0.320. The Labute approximate surface area is 182 Å². The standard InChI is InChI=1S/C25H28N4O2/c30-24(20-8-2-1-3-9-20)27-14-13-22-11-6-7-16-29(22)25(31)23-12-5-4-10-21(23)18-28-17-15-26-19-28/h1-5,8-10,12,15,17,19,22H,6-7,11,13-14,16,18H2,(H,27,30). The van der Waals surface area contributed by atoms with E-state index in [1.54, 1.807) is 12.5 Å². The Morgan fingerprint density at radius 1 is 1.03 bits per heavy atom. The molecule has 2 aromatic carbocycles. The number of rotatable bonds is 7. The monoisotopic (exact) mass is 416 g/mol. The zero-order chi connectivity index (χ0) is 21.5. The average Bonchev–Trinajstić information content (AvgIpc) is 3.33. The third-order valence-electron chi connectivity index (χ3n) is 5.85. The van der Waals surface area contributed by atoms with Gasteiger partial charge in [0.05, 0.1) is 6.33 Å². The second-order valence-electron chi connectivity index (χ2n) is 7.95. The van der Waals surface area contributed by atoms with Crippen LogP contribution in [0.3, 0.4) is 0 Å². The first-order chi connectivity index (χ1) is 15.2. The van der Waals surface area contributed by atoms with Crippen LogP contribution < -0.4 is 5.32 Å². The molecule has 1 fully saturated rings. The van der Waals surface area contributed by atoms with Gasteiger partial charge in [0.1, 0.15) is 0 Å². The number of hydrogen-bond acceptors (Lipinski definition) is 3. The van der Waals surface area contributed by atoms with E-state index in [-0.39, 0.29) is 17.9 Å². The second kappa shape index (κ2) is 10.1. The molecular weight excluding hydrogens is 388 g/mol. The molecule has 6 heteroatoms. The first-order valence-corrected chi connectivity index (χ1v) is 10.9. The largest absolute Gasteiger partial charge is 0.352 e. The molecule has 4 rings (SSSR count). The molecule has 1 unspecified atom stereocenters. The average molecular weight is 417 g/mol. The van der Waals surface area contributed by atoms with Gasteiger partial charge in [-0.3, -0.25) is 9.59 Å². The lowest BCUT2D eigenvalue weighted by Gasteiger charge is -2.36. The van der Waals surface area contributed by atoms with E-state index in [0.29, 0.717) is 18.7 Å². The highest BCUT2D eigenvalue weighted by molar-refractivity contribution is 5.96. The van der Waals surface area contributed by atoms with Gasteiger partial charge in [-0.05, 0) is 49.4 Å². The fourth-order valence-electron chi connectivity index (χ4n) is 4.21. The van der Waals surface area contributed by atoms with Gasteiger partial charge in [0.2, 0.25) is 0 Å². The first kappa shape index (κ1) is 20.8. The van der Waals surface area contributed by atoms with Gasteiger partial charge in [0.15, 0.2) is 0 Å². The van der Waals surface area contributed by atoms with Gasteiger partial charge >= 0.3 is 0 Å². The Hall–Kier alpha value is -3.41. The fourth-order valence-corrected chi connectivity index (χ4v) is 4.21. The van der Waals surface area contributed by atoms with E-state index < -0.39 is 0 Å². The molecule has 2 amide bonds. The van der Waals surface area contributed by atoms with Gasteiger partial charge in [-0.25, -0.2) is 4.98 Å². The molecule has 1 atom stereocenters. The molecule has 0 bridgehead atoms. The summed E-state index contributed by atoms with van der Waals surface area (Å²) in [5, 5.41) is 3.00. The maximum atomic E-state index is 13.5. The van der Waals surface area contributed by atoms with Crippen molar-refractivity contribution < 1.29 is 9.59 Å². The Morgan fingerprint density at radius 3 is 2.65 bits per heavy atom. The van der Waals surface area contributed by atoms with Crippen LogP contribution in [0.25, 0.3) is 0 Å². The first-order valence-electron chi connectivity index (χ1n) is 10.9. The minimum atomic E-state index is -0.0695. The van der Waals surface area contributed by atoms with Crippen LogP contribution in [0.5, 0.6) is 0 Å². The summed E-state index contributed by atoms with van der Waals surface area (Å²) in [4.78, 5) is 31.9. The van der Waals surface area contributed by atoms with E-state index in [1.807, 2.05) is 70.3 Å². The van der Waals surface area contributed by atoms with Gasteiger partial charge in [-0.2, -0.15) is 0 Å². The molecule has 0 radical (unpaired) electrons. The molecule has 1 N–H and O–H groups in total. The van der Waals surface area contributed by atoms with Gasteiger partial charge in [-0.15, -0.1) is 0 Å². The lowest BCUT2D eigenvalue weighted by molar-refractivity contribution is 0.0600. The quantitative estimate of drug-likeness (QED) is 0.638. The molecular formula is C25H28N4O2. The SMILES string of the molecule is O=C(NCCC1CCCCN1C(=O)c1ccccc1Cn1ccnc1)c1ccccc1. The van der Waals surface area contributed by atoms with Crippen LogP contribution in [-0.2, 0) is 6.54 Å². The molecule has 0 aliphatic carbocycles. The molecule has 31 heavy (non-hydrogen) atoms. The van der Waals surface area contributed by atoms with Crippen molar-refractivity contribution in [2.24, 2.45) is 0 Å². The van der Waals surface area contributed by atoms with E-state index in [1.165, 1.54) is 0 Å². The van der Waals surface area contributed by atoms with Crippen molar-refractivity contribution in [3.8, 4) is 0 Å². The predicted octanol–water partition coefficient (Wildman–Crippen LogP) is 3.75. The summed E-state index contributed by atoms with van der Waals surface area (Å²) in [6.45, 7) is 1.93. The van der Waals surface area contributed by atoms with Crippen molar-refractivity contribution >= 4 is 11.8 Å². The molecule has 0 saturated carbocycles. The minimum Gasteiger partial charge on any atom is -0.352 e. The topological polar surface area (TPSA) is 67.2 Å². The normalized spacial score (nSPS) is 16.1. The van der Waals surface area contributed by atoms with Crippen molar-refractivity contribution in [3.63, 3.8) is 0 Å². The van der Waals surface area contributed by atoms with Gasteiger partial charge in [0.25, 0.3) is 11.8 Å². The van der Waals surface area contributed by atoms with Crippen LogP contribution in [0.4, 0.5) is 0 Å². The van der Waals surface area contributed by atoms with Gasteiger partial charge in [0, 0.05) is 49.2 Å². The number of hydrogen-bond donors (Lipinski definition) is 1. The van der Waals surface area contributed by atoms with Crippen LogP contribution in [0.1, 0.15) is 52.0 Å². The van der Waals surface area contributed by atoms with Crippen LogP contribution in [0.2, 0.25) is 0 Å². The number of nitrogens with one attached hydrogen (secondary N) is 1. The van der Waals surface area contributed by atoms with E-state index in [2.05, 4.69) is 10.3 Å². The van der Waals surface area contributed by atoms with Crippen LogP contribution in [-0.4, -0.2) is 45.4 Å². The Morgan fingerprint density at radius 2 is 1.84 bits per heavy atom. The molecule has 3 aromatic rings. The van der Waals surface area contributed by atoms with E-state index in [0.717, 1.165) is 43.4 Å². The number of amides is 2. The summed E-state index contributed by atoms with van der Waals surface area (Å²) in [6.07, 6.45) is 9.26. The Balaban J connectivity index is 1.41. The highest BCUT2D eigenvalue weighted by Gasteiger charge is 2.28. The van der Waals surface area contributed by atoms with Gasteiger partial charge in [-0.1, -0.05) is 36.4 Å². The summed E-state index contributed by atoms with van der Waals surface area (Å²) in [6, 6.07) is 17.2. The number of nitrogens with zero attached hydrogens (tertiary/aromatic N) is 3. The summed E-state index contributed by atoms with van der Waals surface area (Å²) in [7, 11) is 0. The number of carbonyl (C=O) groups is 2. The number of benzene rings is 2. The second-order valence-corrected chi connectivity index (χ2v) is 7.95. The number of likely N-dealkylation sites (tertiary alicyclic amines) is 1. The zero-order valence-electron chi connectivity index (χ0n) is 17.6. The van der Waals surface area contributed by atoms with Gasteiger partial charge < -0.3 is 14.8 Å². The van der Waals surface area contributed by atoms with Crippen molar-refractivity contribution in [1.82, 2.24) is 19.8 Å². The molecule has 6 nitrogen and oxygen atoms in total. The third-order valence-corrected chi connectivity index (χ3v) is 5.85. The third kappa shape index (κ3) is 5.20. The molecule has 1 aromatic heterocycles. The summed E-state index contributed by atoms with van der Waals surface area (Å²) in [5.74, 6) is 0.00904. The zero-order valence-corrected chi connectivity index (χ0v) is 17.6. The number of aromatic nitrogens is 2. The highest BCUT2D eigenvalue weighted by atomic mass is 16.2. The van der Waals surface area contributed by atoms with Crippen LogP contribution in [0, 0.1) is 0 Å². The Bertz CT molecular complexity index is 1000. The summed E-state index contributed by atoms with van der Waals surface area (Å²) < 4.78 is 1.97. The lowest BCUT2D eigenvalue weighted by Crippen LogP contribution is -2.45.